The smallest absolute Gasteiger partial charge is 0.534 e. The minimum absolute atomic E-state index is 0.0412. The highest BCUT2D eigenvalue weighted by Crippen LogP contribution is 2.34. The summed E-state index contributed by atoms with van der Waals surface area (Å²) in [7, 11) is -1.31. The molecule has 1 atom stereocenters. The van der Waals surface area contributed by atoms with Crippen molar-refractivity contribution in [2.75, 3.05) is 0 Å². The van der Waals surface area contributed by atoms with Crippen LogP contribution in [-0.2, 0) is 11.2 Å². The zero-order chi connectivity index (χ0) is 14.9. The van der Waals surface area contributed by atoms with Gasteiger partial charge < -0.3 is 20.1 Å². The van der Waals surface area contributed by atoms with Gasteiger partial charge in [0.2, 0.25) is 5.91 Å². The van der Waals surface area contributed by atoms with Gasteiger partial charge in [-0.25, -0.2) is 4.79 Å². The molecule has 106 valence electrons. The van der Waals surface area contributed by atoms with Crippen LogP contribution in [0.4, 0.5) is 0 Å². The topological polar surface area (TPSA) is 95.9 Å². The lowest BCUT2D eigenvalue weighted by atomic mass is 9.72. The molecule has 20 heavy (non-hydrogen) atoms. The molecular formula is C12H13BClNO5. The number of amides is 1. The van der Waals surface area contributed by atoms with E-state index >= 15 is 0 Å². The molecule has 1 aliphatic rings. The number of aromatic carboxylic acids is 1. The van der Waals surface area contributed by atoms with Crippen molar-refractivity contribution in [1.82, 2.24) is 5.32 Å². The average Bonchev–Trinajstić information content (AvgIpc) is 2.39. The average molecular weight is 298 g/mol. The highest BCUT2D eigenvalue weighted by molar-refractivity contribution is 6.47. The molecule has 1 aromatic rings. The SMILES string of the molecule is CCC(=O)NC1Cc2ccc(Cl)c(C(=O)O)c2OB1O. The van der Waals surface area contributed by atoms with Gasteiger partial charge in [0.15, 0.2) is 0 Å². The molecular weight excluding hydrogens is 284 g/mol. The fraction of sp³-hybridized carbons (Fsp3) is 0.333. The van der Waals surface area contributed by atoms with Crippen molar-refractivity contribution < 1.29 is 24.4 Å². The van der Waals surface area contributed by atoms with Gasteiger partial charge in [-0.2, -0.15) is 0 Å². The van der Waals surface area contributed by atoms with Crippen LogP contribution in [0, 0.1) is 0 Å². The molecule has 1 unspecified atom stereocenters. The van der Waals surface area contributed by atoms with E-state index in [0.29, 0.717) is 5.56 Å². The van der Waals surface area contributed by atoms with Crippen LogP contribution in [0.15, 0.2) is 12.1 Å². The Hall–Kier alpha value is -1.73. The molecule has 1 heterocycles. The summed E-state index contributed by atoms with van der Waals surface area (Å²) in [6.07, 6.45) is 0.566. The molecule has 1 aliphatic heterocycles. The predicted molar refractivity (Wildman–Crippen MR) is 72.9 cm³/mol. The first-order valence-corrected chi connectivity index (χ1v) is 6.50. The van der Waals surface area contributed by atoms with Crippen LogP contribution in [0.25, 0.3) is 0 Å². The van der Waals surface area contributed by atoms with Crippen LogP contribution in [0.5, 0.6) is 5.75 Å². The molecule has 0 radical (unpaired) electrons. The molecule has 3 N–H and O–H groups in total. The second kappa shape index (κ2) is 5.72. The van der Waals surface area contributed by atoms with Crippen molar-refractivity contribution in [2.45, 2.75) is 25.7 Å². The number of nitrogens with one attached hydrogen (secondary N) is 1. The predicted octanol–water partition coefficient (Wildman–Crippen LogP) is 0.888. The number of hydrogen-bond donors (Lipinski definition) is 3. The summed E-state index contributed by atoms with van der Waals surface area (Å²) >= 11 is 5.83. The maximum Gasteiger partial charge on any atom is 0.547 e. The van der Waals surface area contributed by atoms with E-state index in [9.17, 15) is 14.6 Å². The third-order valence-corrected chi connectivity index (χ3v) is 3.41. The van der Waals surface area contributed by atoms with E-state index in [1.807, 2.05) is 0 Å². The number of hydrogen-bond acceptors (Lipinski definition) is 4. The van der Waals surface area contributed by atoms with E-state index < -0.39 is 19.0 Å². The van der Waals surface area contributed by atoms with Crippen LogP contribution in [0.3, 0.4) is 0 Å². The molecule has 0 aliphatic carbocycles. The molecule has 0 fully saturated rings. The van der Waals surface area contributed by atoms with E-state index in [2.05, 4.69) is 5.32 Å². The van der Waals surface area contributed by atoms with Crippen molar-refractivity contribution in [3.8, 4) is 5.75 Å². The molecule has 0 saturated carbocycles. The third-order valence-electron chi connectivity index (χ3n) is 3.09. The Labute approximate surface area is 120 Å². The Kier molecular flexibility index (Phi) is 4.20. The highest BCUT2D eigenvalue weighted by Gasteiger charge is 2.38. The van der Waals surface area contributed by atoms with Gasteiger partial charge in [-0.1, -0.05) is 24.6 Å². The molecule has 0 bridgehead atoms. The molecule has 0 aromatic heterocycles. The normalized spacial score (nSPS) is 17.1. The van der Waals surface area contributed by atoms with Crippen molar-refractivity contribution in [3.05, 3.63) is 28.3 Å². The number of rotatable bonds is 3. The molecule has 8 heteroatoms. The highest BCUT2D eigenvalue weighted by atomic mass is 35.5. The minimum Gasteiger partial charge on any atom is -0.534 e. The Morgan fingerprint density at radius 2 is 2.25 bits per heavy atom. The van der Waals surface area contributed by atoms with Crippen molar-refractivity contribution in [1.29, 1.82) is 0 Å². The first-order valence-electron chi connectivity index (χ1n) is 6.12. The Morgan fingerprint density at radius 3 is 2.85 bits per heavy atom. The van der Waals surface area contributed by atoms with E-state index in [1.165, 1.54) is 6.07 Å². The third kappa shape index (κ3) is 2.73. The Morgan fingerprint density at radius 1 is 1.55 bits per heavy atom. The summed E-state index contributed by atoms with van der Waals surface area (Å²) < 4.78 is 5.24. The lowest BCUT2D eigenvalue weighted by Gasteiger charge is -2.29. The van der Waals surface area contributed by atoms with Gasteiger partial charge in [0, 0.05) is 6.42 Å². The number of carbonyl (C=O) groups is 2. The van der Waals surface area contributed by atoms with Crippen molar-refractivity contribution >= 4 is 30.6 Å². The van der Waals surface area contributed by atoms with E-state index in [-0.39, 0.29) is 35.1 Å². The quantitative estimate of drug-likeness (QED) is 0.720. The van der Waals surface area contributed by atoms with Crippen molar-refractivity contribution in [2.24, 2.45) is 0 Å². The second-order valence-electron chi connectivity index (χ2n) is 4.46. The fourth-order valence-electron chi connectivity index (χ4n) is 2.07. The first-order chi connectivity index (χ1) is 9.43. The Bertz CT molecular complexity index is 565. The minimum atomic E-state index is -1.31. The summed E-state index contributed by atoms with van der Waals surface area (Å²) in [6, 6.07) is 3.09. The number of halogens is 1. The maximum absolute atomic E-state index is 11.4. The maximum atomic E-state index is 11.4. The van der Waals surface area contributed by atoms with Crippen LogP contribution < -0.4 is 9.97 Å². The molecule has 0 spiro atoms. The summed E-state index contributed by atoms with van der Waals surface area (Å²) in [5.74, 6) is -2.00. The van der Waals surface area contributed by atoms with Gasteiger partial charge in [-0.15, -0.1) is 0 Å². The van der Waals surface area contributed by atoms with Crippen LogP contribution in [-0.4, -0.2) is 35.1 Å². The van der Waals surface area contributed by atoms with Crippen molar-refractivity contribution in [3.63, 3.8) is 0 Å². The molecule has 6 nitrogen and oxygen atoms in total. The zero-order valence-corrected chi connectivity index (χ0v) is 11.5. The second-order valence-corrected chi connectivity index (χ2v) is 4.86. The van der Waals surface area contributed by atoms with E-state index in [1.54, 1.807) is 13.0 Å². The number of fused-ring (bicyclic) bond motifs is 1. The standard InChI is InChI=1S/C12H13BClNO5/c1-2-9(16)15-8-5-6-3-4-7(14)10(12(17)18)11(6)20-13(8)19/h3-4,8,19H,2,5H2,1H3,(H,15,16)(H,17,18). The fourth-order valence-corrected chi connectivity index (χ4v) is 2.30. The van der Waals surface area contributed by atoms with Crippen LogP contribution in [0.2, 0.25) is 5.02 Å². The van der Waals surface area contributed by atoms with E-state index in [0.717, 1.165) is 0 Å². The zero-order valence-electron chi connectivity index (χ0n) is 10.7. The van der Waals surface area contributed by atoms with Gasteiger partial charge in [0.05, 0.1) is 11.0 Å². The summed E-state index contributed by atoms with van der Waals surface area (Å²) in [6.45, 7) is 1.70. The van der Waals surface area contributed by atoms with E-state index in [4.69, 9.17) is 21.4 Å². The summed E-state index contributed by atoms with van der Waals surface area (Å²) in [5, 5.41) is 21.7. The lowest BCUT2D eigenvalue weighted by Crippen LogP contribution is -2.53. The first kappa shape index (κ1) is 14.7. The number of carboxylic acid groups (broad SMARTS) is 1. The van der Waals surface area contributed by atoms with Gasteiger partial charge >= 0.3 is 13.1 Å². The summed E-state index contributed by atoms with van der Waals surface area (Å²) in [4.78, 5) is 22.6. The summed E-state index contributed by atoms with van der Waals surface area (Å²) in [5.41, 5.74) is 0.405. The molecule has 1 amide bonds. The van der Waals surface area contributed by atoms with Gasteiger partial charge in [-0.3, -0.25) is 4.79 Å². The largest absolute Gasteiger partial charge is 0.547 e. The van der Waals surface area contributed by atoms with Crippen LogP contribution >= 0.6 is 11.6 Å². The molecule has 2 rings (SSSR count). The van der Waals surface area contributed by atoms with Crippen LogP contribution in [0.1, 0.15) is 29.3 Å². The number of benzene rings is 1. The van der Waals surface area contributed by atoms with Gasteiger partial charge in [-0.05, 0) is 18.1 Å². The molecule has 0 saturated heterocycles. The molecule has 1 aromatic carbocycles. The monoisotopic (exact) mass is 297 g/mol. The van der Waals surface area contributed by atoms with Gasteiger partial charge in [0.25, 0.3) is 0 Å². The Balaban J connectivity index is 2.34. The number of carbonyl (C=O) groups excluding carboxylic acids is 1. The number of carboxylic acids is 1. The van der Waals surface area contributed by atoms with Gasteiger partial charge in [0.1, 0.15) is 11.3 Å². The lowest BCUT2D eigenvalue weighted by molar-refractivity contribution is -0.121.